The molecule has 1 unspecified atom stereocenters. The molecule has 1 spiro atoms. The number of nitrogens with one attached hydrogen (secondary N) is 1. The predicted octanol–water partition coefficient (Wildman–Crippen LogP) is 4.73. The molecule has 1 aromatic carbocycles. The van der Waals surface area contributed by atoms with Crippen molar-refractivity contribution in [2.45, 2.75) is 88.1 Å². The molecular formula is C26H35F2N3O4. The van der Waals surface area contributed by atoms with E-state index in [1.165, 1.54) is 15.4 Å². The Morgan fingerprint density at radius 3 is 2.57 bits per heavy atom. The largest absolute Gasteiger partial charge is 0.449 e. The van der Waals surface area contributed by atoms with Gasteiger partial charge in [-0.1, -0.05) is 37.3 Å². The molecule has 9 heteroatoms. The normalized spacial score (nSPS) is 36.2. The van der Waals surface area contributed by atoms with Gasteiger partial charge in [0.25, 0.3) is 5.92 Å². The molecule has 4 atom stereocenters. The Hall–Kier alpha value is -2.42. The number of likely N-dealkylation sites (tertiary alicyclic amines) is 1. The summed E-state index contributed by atoms with van der Waals surface area (Å²) in [5.74, 6) is -3.19. The van der Waals surface area contributed by atoms with Crippen LogP contribution in [0.2, 0.25) is 0 Å². The van der Waals surface area contributed by atoms with Crippen molar-refractivity contribution in [3.63, 3.8) is 0 Å². The van der Waals surface area contributed by atoms with Crippen LogP contribution in [0.3, 0.4) is 0 Å². The van der Waals surface area contributed by atoms with Crippen LogP contribution in [0.5, 0.6) is 0 Å². The zero-order chi connectivity index (χ0) is 24.8. The number of rotatable bonds is 4. The van der Waals surface area contributed by atoms with Crippen molar-refractivity contribution in [2.75, 3.05) is 19.7 Å². The van der Waals surface area contributed by atoms with Crippen molar-refractivity contribution in [2.24, 2.45) is 5.92 Å². The van der Waals surface area contributed by atoms with Crippen LogP contribution in [-0.4, -0.2) is 71.5 Å². The van der Waals surface area contributed by atoms with Gasteiger partial charge in [0, 0.05) is 31.8 Å². The number of cyclic esters (lactones) is 1. The highest BCUT2D eigenvalue weighted by Crippen LogP contribution is 2.57. The fourth-order valence-corrected chi connectivity index (χ4v) is 6.95. The number of halogens is 2. The molecule has 0 bridgehead atoms. The lowest BCUT2D eigenvalue weighted by Crippen LogP contribution is -2.74. The minimum Gasteiger partial charge on any atom is -0.449 e. The van der Waals surface area contributed by atoms with Gasteiger partial charge in [0.05, 0.1) is 18.8 Å². The molecule has 7 nitrogen and oxygen atoms in total. The third-order valence-corrected chi connectivity index (χ3v) is 8.53. The monoisotopic (exact) mass is 491 g/mol. The highest BCUT2D eigenvalue weighted by atomic mass is 19.3. The number of carbonyl (C=O) groups is 2. The van der Waals surface area contributed by atoms with Crippen LogP contribution in [0.4, 0.5) is 18.4 Å². The van der Waals surface area contributed by atoms with Crippen molar-refractivity contribution >= 4 is 12.1 Å². The van der Waals surface area contributed by atoms with Gasteiger partial charge in [-0.2, -0.15) is 0 Å². The summed E-state index contributed by atoms with van der Waals surface area (Å²) in [4.78, 5) is 28.6. The number of nitrogens with zero attached hydrogens (tertiary/aromatic N) is 2. The van der Waals surface area contributed by atoms with E-state index in [0.717, 1.165) is 25.7 Å². The molecule has 3 amide bonds. The Labute approximate surface area is 205 Å². The average Bonchev–Trinajstić information content (AvgIpc) is 3.11. The van der Waals surface area contributed by atoms with Gasteiger partial charge in [0.15, 0.2) is 0 Å². The summed E-state index contributed by atoms with van der Waals surface area (Å²) in [6.45, 7) is 3.87. The second-order valence-electron chi connectivity index (χ2n) is 10.4. The van der Waals surface area contributed by atoms with E-state index in [4.69, 9.17) is 9.47 Å². The lowest BCUT2D eigenvalue weighted by molar-refractivity contribution is -0.212. The average molecular weight is 492 g/mol. The fraction of sp³-hybridized carbons (Fsp3) is 0.692. The lowest BCUT2D eigenvalue weighted by Gasteiger charge is -2.55. The van der Waals surface area contributed by atoms with Crippen molar-refractivity contribution in [3.05, 3.63) is 35.9 Å². The van der Waals surface area contributed by atoms with E-state index in [-0.39, 0.29) is 31.7 Å². The van der Waals surface area contributed by atoms with E-state index in [1.54, 1.807) is 6.92 Å². The number of piperidine rings is 1. The van der Waals surface area contributed by atoms with Crippen LogP contribution in [0.25, 0.3) is 0 Å². The second kappa shape index (κ2) is 9.22. The molecular weight excluding hydrogens is 456 g/mol. The molecule has 4 fully saturated rings. The Kier molecular flexibility index (Phi) is 6.40. The fourth-order valence-electron chi connectivity index (χ4n) is 6.95. The highest BCUT2D eigenvalue weighted by molar-refractivity contribution is 5.77. The number of ether oxygens (including phenoxy) is 2. The van der Waals surface area contributed by atoms with Crippen LogP contribution in [-0.2, 0) is 9.47 Å². The number of hydrogen-bond donors (Lipinski definition) is 1. The maximum absolute atomic E-state index is 15.8. The predicted molar refractivity (Wildman–Crippen MR) is 125 cm³/mol. The van der Waals surface area contributed by atoms with Crippen molar-refractivity contribution < 1.29 is 27.8 Å². The molecule has 0 aromatic heterocycles. The maximum Gasteiger partial charge on any atom is 0.412 e. The third kappa shape index (κ3) is 3.86. The Bertz CT molecular complexity index is 940. The first-order chi connectivity index (χ1) is 16.8. The first kappa shape index (κ1) is 24.3. The quantitative estimate of drug-likeness (QED) is 0.661. The summed E-state index contributed by atoms with van der Waals surface area (Å²) < 4.78 is 43.3. The van der Waals surface area contributed by atoms with E-state index in [0.29, 0.717) is 12.5 Å². The number of carbonyl (C=O) groups excluding carboxylic acids is 2. The Morgan fingerprint density at radius 2 is 1.89 bits per heavy atom. The van der Waals surface area contributed by atoms with E-state index >= 15 is 8.78 Å². The number of hydrogen-bond acceptors (Lipinski definition) is 4. The molecule has 0 radical (unpaired) electrons. The number of amides is 3. The molecule has 192 valence electrons. The topological polar surface area (TPSA) is 71.1 Å². The Balaban J connectivity index is 1.40. The SMILES string of the molecule is CCNC(=O)N1CCC(F)(F)[C@]23CCOC(=O)N2C(OC2CCC(c4ccccc4)CC2)[C@@H](C)[C@H]13. The molecule has 35 heavy (non-hydrogen) atoms. The van der Waals surface area contributed by atoms with E-state index < -0.39 is 42.2 Å². The molecule has 4 aliphatic rings. The third-order valence-electron chi connectivity index (χ3n) is 8.53. The summed E-state index contributed by atoms with van der Waals surface area (Å²) in [6, 6.07) is 9.15. The van der Waals surface area contributed by atoms with Gasteiger partial charge in [0.2, 0.25) is 0 Å². The van der Waals surface area contributed by atoms with Gasteiger partial charge in [-0.25, -0.2) is 18.4 Å². The van der Waals surface area contributed by atoms with Gasteiger partial charge in [-0.05, 0) is 44.1 Å². The smallest absolute Gasteiger partial charge is 0.412 e. The van der Waals surface area contributed by atoms with Crippen molar-refractivity contribution in [1.29, 1.82) is 0 Å². The number of benzene rings is 1. The van der Waals surface area contributed by atoms with Gasteiger partial charge < -0.3 is 19.7 Å². The lowest BCUT2D eigenvalue weighted by atomic mass is 9.73. The molecule has 1 N–H and O–H groups in total. The van der Waals surface area contributed by atoms with E-state index in [2.05, 4.69) is 17.4 Å². The summed E-state index contributed by atoms with van der Waals surface area (Å²) >= 11 is 0. The van der Waals surface area contributed by atoms with E-state index in [9.17, 15) is 9.59 Å². The van der Waals surface area contributed by atoms with Crippen molar-refractivity contribution in [1.82, 2.24) is 15.1 Å². The Morgan fingerprint density at radius 1 is 1.17 bits per heavy atom. The van der Waals surface area contributed by atoms with Crippen LogP contribution >= 0.6 is 0 Å². The summed E-state index contributed by atoms with van der Waals surface area (Å²) in [6.07, 6.45) is 1.16. The van der Waals surface area contributed by atoms with Crippen LogP contribution in [0.15, 0.2) is 30.3 Å². The number of alkyl halides is 2. The summed E-state index contributed by atoms with van der Waals surface area (Å²) in [5, 5.41) is 2.76. The molecule has 5 rings (SSSR count). The van der Waals surface area contributed by atoms with Crippen LogP contribution < -0.4 is 5.32 Å². The van der Waals surface area contributed by atoms with Gasteiger partial charge in [0.1, 0.15) is 11.8 Å². The van der Waals surface area contributed by atoms with Crippen LogP contribution in [0, 0.1) is 5.92 Å². The number of urea groups is 1. The zero-order valence-corrected chi connectivity index (χ0v) is 20.4. The summed E-state index contributed by atoms with van der Waals surface area (Å²) in [7, 11) is 0. The molecule has 1 saturated carbocycles. The standard InChI is InChI=1S/C26H35F2N3O4/c1-3-29-23(32)30-15-13-26(27,28)25-14-16-34-24(33)31(25)22(17(2)21(25)30)35-20-11-9-19(10-12-20)18-7-5-4-6-8-18/h4-8,17,19-22H,3,9-16H2,1-2H3,(H,29,32)/t17-,19?,20?,21-,22?,25+/m0/s1. The van der Waals surface area contributed by atoms with Gasteiger partial charge >= 0.3 is 12.1 Å². The zero-order valence-electron chi connectivity index (χ0n) is 20.4. The van der Waals surface area contributed by atoms with Crippen molar-refractivity contribution in [3.8, 4) is 0 Å². The first-order valence-electron chi connectivity index (χ1n) is 12.9. The minimum atomic E-state index is -3.16. The summed E-state index contributed by atoms with van der Waals surface area (Å²) in [5.41, 5.74) is -0.515. The maximum atomic E-state index is 15.8. The molecule has 3 aliphatic heterocycles. The van der Waals surface area contributed by atoms with Gasteiger partial charge in [-0.15, -0.1) is 0 Å². The van der Waals surface area contributed by atoms with Gasteiger partial charge in [-0.3, -0.25) is 4.90 Å². The minimum absolute atomic E-state index is 0.0305. The molecule has 1 aromatic rings. The van der Waals surface area contributed by atoms with E-state index in [1.807, 2.05) is 25.1 Å². The second-order valence-corrected chi connectivity index (χ2v) is 10.4. The molecule has 1 aliphatic carbocycles. The van der Waals surface area contributed by atoms with Crippen LogP contribution in [0.1, 0.15) is 63.9 Å². The highest BCUT2D eigenvalue weighted by Gasteiger charge is 2.75. The molecule has 3 saturated heterocycles. The first-order valence-corrected chi connectivity index (χ1v) is 12.9. The molecule has 3 heterocycles.